The van der Waals surface area contributed by atoms with Crippen molar-refractivity contribution in [2.24, 2.45) is 0 Å². The van der Waals surface area contributed by atoms with Gasteiger partial charge in [-0.15, -0.1) is 0 Å². The summed E-state index contributed by atoms with van der Waals surface area (Å²) in [6, 6.07) is 3.54. The van der Waals surface area contributed by atoms with Crippen LogP contribution < -0.4 is 16.2 Å². The number of anilines is 1. The van der Waals surface area contributed by atoms with E-state index in [4.69, 9.17) is 0 Å². The minimum atomic E-state index is -0.502. The van der Waals surface area contributed by atoms with Gasteiger partial charge in [-0.1, -0.05) is 17.7 Å². The zero-order valence-corrected chi connectivity index (χ0v) is 10.8. The van der Waals surface area contributed by atoms with E-state index in [0.717, 1.165) is 16.8 Å². The number of hydrogen-bond acceptors (Lipinski definition) is 3. The van der Waals surface area contributed by atoms with Gasteiger partial charge in [0.2, 0.25) is 11.8 Å². The van der Waals surface area contributed by atoms with E-state index in [0.29, 0.717) is 0 Å². The number of carbonyl (C=O) groups excluding carboxylic acids is 2. The van der Waals surface area contributed by atoms with Crippen LogP contribution in [-0.4, -0.2) is 17.9 Å². The Morgan fingerprint density at radius 2 is 1.89 bits per heavy atom. The molecule has 0 saturated carbocycles. The van der Waals surface area contributed by atoms with Crippen molar-refractivity contribution in [1.29, 1.82) is 0 Å². The zero-order chi connectivity index (χ0) is 13.3. The monoisotopic (exact) mass is 247 g/mol. The highest BCUT2D eigenvalue weighted by molar-refractivity contribution is 5.99. The van der Waals surface area contributed by atoms with Crippen molar-refractivity contribution in [1.82, 2.24) is 10.9 Å². The molecule has 1 unspecified atom stereocenters. The van der Waals surface area contributed by atoms with Crippen LogP contribution in [0.3, 0.4) is 0 Å². The summed E-state index contributed by atoms with van der Waals surface area (Å²) in [6.45, 7) is 5.94. The molecule has 1 aromatic carbocycles. The molecule has 1 fully saturated rings. The highest BCUT2D eigenvalue weighted by atomic mass is 16.2. The minimum Gasteiger partial charge on any atom is -0.324 e. The van der Waals surface area contributed by atoms with Crippen molar-refractivity contribution in [3.8, 4) is 0 Å². The first-order valence-corrected chi connectivity index (χ1v) is 5.90. The fourth-order valence-corrected chi connectivity index (χ4v) is 2.20. The molecule has 1 atom stereocenters. The zero-order valence-electron chi connectivity index (χ0n) is 10.8. The summed E-state index contributed by atoms with van der Waals surface area (Å²) in [5.74, 6) is -0.351. The second-order valence-corrected chi connectivity index (χ2v) is 4.71. The Kier molecular flexibility index (Phi) is 3.34. The Bertz CT molecular complexity index is 488. The van der Waals surface area contributed by atoms with Gasteiger partial charge in [-0.05, 0) is 31.9 Å². The fourth-order valence-electron chi connectivity index (χ4n) is 2.20. The van der Waals surface area contributed by atoms with Crippen LogP contribution in [0.15, 0.2) is 12.1 Å². The number of hydrogen-bond donors (Lipinski definition) is 3. The average molecular weight is 247 g/mol. The van der Waals surface area contributed by atoms with Crippen LogP contribution in [0, 0.1) is 20.8 Å². The van der Waals surface area contributed by atoms with Gasteiger partial charge < -0.3 is 5.32 Å². The molecule has 0 aliphatic carbocycles. The predicted octanol–water partition coefficient (Wildman–Crippen LogP) is 0.943. The van der Waals surface area contributed by atoms with E-state index in [1.165, 1.54) is 5.56 Å². The number of carbonyl (C=O) groups is 2. The molecular weight excluding hydrogens is 230 g/mol. The van der Waals surface area contributed by atoms with Crippen molar-refractivity contribution in [2.75, 3.05) is 5.32 Å². The van der Waals surface area contributed by atoms with Crippen LogP contribution in [0.4, 0.5) is 5.69 Å². The number of hydrazine groups is 1. The second-order valence-electron chi connectivity index (χ2n) is 4.71. The molecular formula is C13H17N3O2. The third-order valence-electron chi connectivity index (χ3n) is 3.02. The Morgan fingerprint density at radius 1 is 1.28 bits per heavy atom. The van der Waals surface area contributed by atoms with Gasteiger partial charge in [0.05, 0.1) is 6.42 Å². The van der Waals surface area contributed by atoms with Gasteiger partial charge in [-0.2, -0.15) is 0 Å². The summed E-state index contributed by atoms with van der Waals surface area (Å²) in [7, 11) is 0. The van der Waals surface area contributed by atoms with E-state index in [9.17, 15) is 9.59 Å². The third kappa shape index (κ3) is 2.51. The summed E-state index contributed by atoms with van der Waals surface area (Å²) >= 11 is 0. The Balaban J connectivity index is 2.14. The number of nitrogens with one attached hydrogen (secondary N) is 3. The molecule has 96 valence electrons. The molecule has 0 bridgehead atoms. The average Bonchev–Trinajstić information content (AvgIpc) is 2.70. The van der Waals surface area contributed by atoms with Crippen molar-refractivity contribution >= 4 is 17.5 Å². The summed E-state index contributed by atoms with van der Waals surface area (Å²) in [5, 5.41) is 2.87. The number of benzene rings is 1. The van der Waals surface area contributed by atoms with Gasteiger partial charge in [-0.3, -0.25) is 15.0 Å². The Morgan fingerprint density at radius 3 is 2.39 bits per heavy atom. The standard InChI is InChI=1S/C13H17N3O2/c1-7-4-8(2)12(9(3)5-7)14-13(18)10-6-11(17)16-15-10/h4-5,10,15H,6H2,1-3H3,(H,14,18)(H,16,17). The van der Waals surface area contributed by atoms with Gasteiger partial charge in [0.1, 0.15) is 6.04 Å². The molecule has 1 heterocycles. The van der Waals surface area contributed by atoms with Crippen LogP contribution in [0.2, 0.25) is 0 Å². The van der Waals surface area contributed by atoms with Crippen LogP contribution in [0.25, 0.3) is 0 Å². The molecule has 2 rings (SSSR count). The van der Waals surface area contributed by atoms with Gasteiger partial charge in [-0.25, -0.2) is 5.43 Å². The maximum absolute atomic E-state index is 12.0. The Labute approximate surface area is 106 Å². The predicted molar refractivity (Wildman–Crippen MR) is 69.0 cm³/mol. The fraction of sp³-hybridized carbons (Fsp3) is 0.385. The van der Waals surface area contributed by atoms with Crippen molar-refractivity contribution in [2.45, 2.75) is 33.2 Å². The molecule has 1 saturated heterocycles. The number of rotatable bonds is 2. The smallest absolute Gasteiger partial charge is 0.243 e. The molecule has 1 aliphatic rings. The maximum atomic E-state index is 12.0. The molecule has 1 aliphatic heterocycles. The lowest BCUT2D eigenvalue weighted by atomic mass is 10.0. The lowest BCUT2D eigenvalue weighted by molar-refractivity contribution is -0.121. The minimum absolute atomic E-state index is 0.160. The molecule has 5 nitrogen and oxygen atoms in total. The second kappa shape index (κ2) is 4.78. The van der Waals surface area contributed by atoms with Gasteiger partial charge >= 0.3 is 0 Å². The SMILES string of the molecule is Cc1cc(C)c(NC(=O)C2CC(=O)NN2)c(C)c1. The van der Waals surface area contributed by atoms with Crippen molar-refractivity contribution in [3.63, 3.8) is 0 Å². The van der Waals surface area contributed by atoms with Crippen LogP contribution in [0.5, 0.6) is 0 Å². The lowest BCUT2D eigenvalue weighted by Gasteiger charge is -2.15. The Hall–Kier alpha value is -1.88. The van der Waals surface area contributed by atoms with Crippen LogP contribution >= 0.6 is 0 Å². The first kappa shape index (κ1) is 12.6. The number of amides is 2. The summed E-state index contributed by atoms with van der Waals surface area (Å²) in [5.41, 5.74) is 9.13. The summed E-state index contributed by atoms with van der Waals surface area (Å²) in [6.07, 6.45) is 0.176. The summed E-state index contributed by atoms with van der Waals surface area (Å²) < 4.78 is 0. The third-order valence-corrected chi connectivity index (χ3v) is 3.02. The van der Waals surface area contributed by atoms with E-state index in [1.807, 2.05) is 32.9 Å². The van der Waals surface area contributed by atoms with Crippen molar-refractivity contribution < 1.29 is 9.59 Å². The summed E-state index contributed by atoms with van der Waals surface area (Å²) in [4.78, 5) is 23.0. The molecule has 0 spiro atoms. The lowest BCUT2D eigenvalue weighted by Crippen LogP contribution is -2.40. The van der Waals surface area contributed by atoms with Crippen LogP contribution in [0.1, 0.15) is 23.1 Å². The van der Waals surface area contributed by atoms with Gasteiger partial charge in [0.25, 0.3) is 0 Å². The van der Waals surface area contributed by atoms with Gasteiger partial charge in [0, 0.05) is 5.69 Å². The van der Waals surface area contributed by atoms with E-state index in [-0.39, 0.29) is 18.2 Å². The molecule has 18 heavy (non-hydrogen) atoms. The van der Waals surface area contributed by atoms with Crippen molar-refractivity contribution in [3.05, 3.63) is 28.8 Å². The van der Waals surface area contributed by atoms with E-state index >= 15 is 0 Å². The quantitative estimate of drug-likeness (QED) is 0.728. The first-order valence-electron chi connectivity index (χ1n) is 5.90. The highest BCUT2D eigenvalue weighted by Gasteiger charge is 2.27. The molecule has 5 heteroatoms. The molecule has 0 aromatic heterocycles. The van der Waals surface area contributed by atoms with E-state index < -0.39 is 6.04 Å². The van der Waals surface area contributed by atoms with E-state index in [2.05, 4.69) is 16.2 Å². The molecule has 3 N–H and O–H groups in total. The topological polar surface area (TPSA) is 70.2 Å². The first-order chi connectivity index (χ1) is 8.47. The number of aryl methyl sites for hydroxylation is 3. The highest BCUT2D eigenvalue weighted by Crippen LogP contribution is 2.22. The molecule has 2 amide bonds. The van der Waals surface area contributed by atoms with E-state index in [1.54, 1.807) is 0 Å². The maximum Gasteiger partial charge on any atom is 0.243 e. The van der Waals surface area contributed by atoms with Crippen LogP contribution in [-0.2, 0) is 9.59 Å². The molecule has 1 aromatic rings. The van der Waals surface area contributed by atoms with Gasteiger partial charge in [0.15, 0.2) is 0 Å². The largest absolute Gasteiger partial charge is 0.324 e. The normalized spacial score (nSPS) is 18.6. The molecule has 0 radical (unpaired) electrons.